The first-order valence-corrected chi connectivity index (χ1v) is 10.0. The Labute approximate surface area is 163 Å². The molecule has 1 aromatic rings. The van der Waals surface area contributed by atoms with Crippen LogP contribution in [0.3, 0.4) is 0 Å². The Morgan fingerprint density at radius 2 is 1.96 bits per heavy atom. The number of hydrogen-bond donors (Lipinski definition) is 0. The number of esters is 1. The molecular weight excluding hydrogens is 366 g/mol. The van der Waals surface area contributed by atoms with Gasteiger partial charge in [0.15, 0.2) is 0 Å². The number of hydrogen-bond acceptors (Lipinski definition) is 5. The fourth-order valence-electron chi connectivity index (χ4n) is 3.00. The van der Waals surface area contributed by atoms with Gasteiger partial charge in [0.2, 0.25) is 0 Å². The van der Waals surface area contributed by atoms with E-state index < -0.39 is 0 Å². The Morgan fingerprint density at radius 3 is 2.69 bits per heavy atom. The summed E-state index contributed by atoms with van der Waals surface area (Å²) in [6, 6.07) is 9.83. The van der Waals surface area contributed by atoms with E-state index in [1.807, 2.05) is 42.5 Å². The molecule has 136 valence electrons. The minimum Gasteiger partial charge on any atom is -0.461 e. The largest absolute Gasteiger partial charge is 0.461 e. The first kappa shape index (κ1) is 18.9. The summed E-state index contributed by atoms with van der Waals surface area (Å²) in [6.45, 7) is -0.110. The van der Waals surface area contributed by atoms with Crippen LogP contribution < -0.4 is 0 Å². The summed E-state index contributed by atoms with van der Waals surface area (Å²) in [4.78, 5) is 26.5. The first-order valence-electron chi connectivity index (χ1n) is 8.80. The van der Waals surface area contributed by atoms with Crippen molar-refractivity contribution in [1.82, 2.24) is 4.90 Å². The highest BCUT2D eigenvalue weighted by molar-refractivity contribution is 8.26. The van der Waals surface area contributed by atoms with Crippen molar-refractivity contribution in [2.45, 2.75) is 38.2 Å². The number of nitrogens with zero attached hydrogens (tertiary/aromatic N) is 1. The number of carbonyl (C=O) groups excluding carboxylic acids is 2. The van der Waals surface area contributed by atoms with Crippen LogP contribution in [-0.2, 0) is 14.3 Å². The van der Waals surface area contributed by atoms with Gasteiger partial charge < -0.3 is 4.74 Å². The van der Waals surface area contributed by atoms with Crippen LogP contribution >= 0.6 is 24.0 Å². The zero-order chi connectivity index (χ0) is 18.4. The van der Waals surface area contributed by atoms with Crippen molar-refractivity contribution in [2.75, 3.05) is 6.54 Å². The molecule has 3 rings (SSSR count). The summed E-state index contributed by atoms with van der Waals surface area (Å²) in [5.74, 6) is -0.618. The fraction of sp³-hybridized carbons (Fsp3) is 0.350. The number of amides is 1. The molecule has 0 unspecified atom stereocenters. The maximum Gasteiger partial charge on any atom is 0.326 e. The van der Waals surface area contributed by atoms with E-state index in [0.29, 0.717) is 9.23 Å². The maximum atomic E-state index is 12.5. The Hall–Kier alpha value is -1.92. The number of ether oxygens (including phenoxy) is 1. The zero-order valence-electron chi connectivity index (χ0n) is 14.4. The van der Waals surface area contributed by atoms with Crippen LogP contribution in [0.4, 0.5) is 0 Å². The molecule has 1 heterocycles. The van der Waals surface area contributed by atoms with E-state index in [4.69, 9.17) is 17.0 Å². The lowest BCUT2D eigenvalue weighted by Crippen LogP contribution is -2.36. The SMILES string of the molecule is O=C(CN1C(=O)/C(=C/C=C/c2ccccc2)SC1=S)OC1CCCCC1. The number of rotatable bonds is 5. The van der Waals surface area contributed by atoms with Gasteiger partial charge in [-0.3, -0.25) is 14.5 Å². The molecule has 4 nitrogen and oxygen atoms in total. The fourth-order valence-corrected chi connectivity index (χ4v) is 4.20. The highest BCUT2D eigenvalue weighted by Gasteiger charge is 2.34. The average Bonchev–Trinajstić information content (AvgIpc) is 2.91. The van der Waals surface area contributed by atoms with Crippen LogP contribution in [0, 0.1) is 0 Å². The van der Waals surface area contributed by atoms with Crippen LogP contribution in [0.1, 0.15) is 37.7 Å². The molecule has 2 fully saturated rings. The standard InChI is InChI=1S/C20H21NO3S2/c22-18(24-16-11-5-2-6-12-16)14-21-19(23)17(26-20(21)25)13-7-10-15-8-3-1-4-9-15/h1,3-4,7-10,13,16H,2,5-6,11-12,14H2/b10-7+,17-13-. The average molecular weight is 388 g/mol. The van der Waals surface area contributed by atoms with Gasteiger partial charge in [-0.25, -0.2) is 0 Å². The molecule has 0 aromatic heterocycles. The van der Waals surface area contributed by atoms with Crippen molar-refractivity contribution < 1.29 is 14.3 Å². The van der Waals surface area contributed by atoms with E-state index in [1.54, 1.807) is 6.08 Å². The number of carbonyl (C=O) groups is 2. The maximum absolute atomic E-state index is 12.5. The summed E-state index contributed by atoms with van der Waals surface area (Å²) in [7, 11) is 0. The number of thioether (sulfide) groups is 1. The van der Waals surface area contributed by atoms with Gasteiger partial charge >= 0.3 is 5.97 Å². The van der Waals surface area contributed by atoms with Crippen molar-refractivity contribution in [2.24, 2.45) is 0 Å². The van der Waals surface area contributed by atoms with Crippen LogP contribution in [0.25, 0.3) is 6.08 Å². The smallest absolute Gasteiger partial charge is 0.326 e. The minimum absolute atomic E-state index is 0.0148. The van der Waals surface area contributed by atoms with Gasteiger partial charge in [0.25, 0.3) is 5.91 Å². The highest BCUT2D eigenvalue weighted by Crippen LogP contribution is 2.31. The zero-order valence-corrected chi connectivity index (χ0v) is 16.1. The summed E-state index contributed by atoms with van der Waals surface area (Å²) in [6.07, 6.45) is 10.7. The van der Waals surface area contributed by atoms with Crippen molar-refractivity contribution >= 4 is 46.3 Å². The molecule has 1 saturated carbocycles. The number of thiocarbonyl (C=S) groups is 1. The molecule has 26 heavy (non-hydrogen) atoms. The van der Waals surface area contributed by atoms with Crippen LogP contribution in [0.5, 0.6) is 0 Å². The van der Waals surface area contributed by atoms with E-state index in [-0.39, 0.29) is 24.5 Å². The van der Waals surface area contributed by atoms with Gasteiger partial charge in [-0.1, -0.05) is 72.9 Å². The molecule has 1 aromatic carbocycles. The van der Waals surface area contributed by atoms with Crippen LogP contribution in [-0.4, -0.2) is 33.7 Å². The molecule has 0 N–H and O–H groups in total. The van der Waals surface area contributed by atoms with Crippen molar-refractivity contribution in [1.29, 1.82) is 0 Å². The molecular formula is C20H21NO3S2. The summed E-state index contributed by atoms with van der Waals surface area (Å²) >= 11 is 6.47. The van der Waals surface area contributed by atoms with E-state index in [9.17, 15) is 9.59 Å². The minimum atomic E-state index is -0.380. The van der Waals surface area contributed by atoms with E-state index in [1.165, 1.54) is 23.1 Å². The Kier molecular flexibility index (Phi) is 6.63. The van der Waals surface area contributed by atoms with Gasteiger partial charge in [-0.2, -0.15) is 0 Å². The van der Waals surface area contributed by atoms with Crippen LogP contribution in [0.2, 0.25) is 0 Å². The normalized spacial score (nSPS) is 20.3. The van der Waals surface area contributed by atoms with E-state index in [0.717, 1.165) is 31.2 Å². The van der Waals surface area contributed by atoms with Crippen molar-refractivity contribution in [3.63, 3.8) is 0 Å². The van der Waals surface area contributed by atoms with Gasteiger partial charge in [0.1, 0.15) is 17.0 Å². The molecule has 6 heteroatoms. The summed E-state index contributed by atoms with van der Waals surface area (Å²) in [5.41, 5.74) is 1.05. The third-order valence-corrected chi connectivity index (χ3v) is 5.74. The number of benzene rings is 1. The second-order valence-electron chi connectivity index (χ2n) is 6.31. The molecule has 0 spiro atoms. The van der Waals surface area contributed by atoms with Crippen molar-refractivity contribution in [3.05, 3.63) is 53.0 Å². The lowest BCUT2D eigenvalue weighted by atomic mass is 9.98. The lowest BCUT2D eigenvalue weighted by Gasteiger charge is -2.23. The second kappa shape index (κ2) is 9.14. The third kappa shape index (κ3) is 5.05. The molecule has 1 saturated heterocycles. The van der Waals surface area contributed by atoms with Crippen LogP contribution in [0.15, 0.2) is 47.4 Å². The molecule has 0 atom stereocenters. The van der Waals surface area contributed by atoms with E-state index >= 15 is 0 Å². The molecule has 1 aliphatic heterocycles. The predicted molar refractivity (Wildman–Crippen MR) is 108 cm³/mol. The lowest BCUT2D eigenvalue weighted by molar-refractivity contribution is -0.152. The Morgan fingerprint density at radius 1 is 1.23 bits per heavy atom. The topological polar surface area (TPSA) is 46.6 Å². The third-order valence-electron chi connectivity index (χ3n) is 4.35. The predicted octanol–water partition coefficient (Wildman–Crippen LogP) is 4.32. The molecule has 1 amide bonds. The number of allylic oxidation sites excluding steroid dienone is 2. The Balaban J connectivity index is 1.57. The van der Waals surface area contributed by atoms with Gasteiger partial charge in [-0.05, 0) is 37.3 Å². The Bertz CT molecular complexity index is 737. The van der Waals surface area contributed by atoms with Crippen molar-refractivity contribution in [3.8, 4) is 0 Å². The highest BCUT2D eigenvalue weighted by atomic mass is 32.2. The monoisotopic (exact) mass is 387 g/mol. The molecule has 0 bridgehead atoms. The van der Waals surface area contributed by atoms with Gasteiger partial charge in [-0.15, -0.1) is 0 Å². The summed E-state index contributed by atoms with van der Waals surface area (Å²) < 4.78 is 5.89. The van der Waals surface area contributed by atoms with Gasteiger partial charge in [0.05, 0.1) is 4.91 Å². The van der Waals surface area contributed by atoms with Gasteiger partial charge in [0, 0.05) is 0 Å². The van der Waals surface area contributed by atoms with E-state index in [2.05, 4.69) is 0 Å². The molecule has 1 aliphatic carbocycles. The first-order chi connectivity index (χ1) is 12.6. The molecule has 0 radical (unpaired) electrons. The summed E-state index contributed by atoms with van der Waals surface area (Å²) in [5, 5.41) is 0. The molecule has 2 aliphatic rings. The quantitative estimate of drug-likeness (QED) is 0.428. The second-order valence-corrected chi connectivity index (χ2v) is 7.99.